The molecule has 0 saturated heterocycles. The third kappa shape index (κ3) is 2.96. The minimum atomic E-state index is -0.200. The molecule has 18 heavy (non-hydrogen) atoms. The quantitative estimate of drug-likeness (QED) is 0.879. The lowest BCUT2D eigenvalue weighted by Crippen LogP contribution is -2.16. The monoisotopic (exact) mass is 247 g/mol. The second kappa shape index (κ2) is 5.78. The molecule has 1 aromatic carbocycles. The normalized spacial score (nSPS) is 10.8. The zero-order chi connectivity index (χ0) is 13.0. The number of nitrogens with zero attached hydrogens (tertiary/aromatic N) is 2. The Morgan fingerprint density at radius 1 is 1.28 bits per heavy atom. The maximum atomic E-state index is 12.9. The molecule has 0 amide bonds. The molecule has 0 saturated carbocycles. The van der Waals surface area contributed by atoms with Gasteiger partial charge in [-0.15, -0.1) is 0 Å². The van der Waals surface area contributed by atoms with Gasteiger partial charge >= 0.3 is 0 Å². The van der Waals surface area contributed by atoms with Crippen LogP contribution in [0, 0.1) is 12.7 Å². The minimum absolute atomic E-state index is 0.200. The molecule has 0 bridgehead atoms. The maximum absolute atomic E-state index is 12.9. The second-order valence-corrected chi connectivity index (χ2v) is 4.29. The Labute approximate surface area is 107 Å². The first kappa shape index (κ1) is 12.8. The lowest BCUT2D eigenvalue weighted by atomic mass is 10.2. The standard InChI is InChI=1S/C14H18FN3/c1-3-16-8-14-9-17-11(2)18(14)10-12-4-6-13(15)7-5-12/h4-7,9,16H,3,8,10H2,1-2H3. The number of benzene rings is 1. The van der Waals surface area contributed by atoms with Gasteiger partial charge in [-0.1, -0.05) is 19.1 Å². The summed E-state index contributed by atoms with van der Waals surface area (Å²) in [5, 5.41) is 3.29. The van der Waals surface area contributed by atoms with Crippen LogP contribution in [0.25, 0.3) is 0 Å². The largest absolute Gasteiger partial charge is 0.327 e. The summed E-state index contributed by atoms with van der Waals surface area (Å²) >= 11 is 0. The van der Waals surface area contributed by atoms with Gasteiger partial charge < -0.3 is 9.88 Å². The van der Waals surface area contributed by atoms with Gasteiger partial charge in [-0.25, -0.2) is 9.37 Å². The molecule has 0 aliphatic carbocycles. The van der Waals surface area contributed by atoms with Crippen LogP contribution < -0.4 is 5.32 Å². The zero-order valence-electron chi connectivity index (χ0n) is 10.8. The summed E-state index contributed by atoms with van der Waals surface area (Å²) in [6.07, 6.45) is 1.89. The molecule has 0 atom stereocenters. The van der Waals surface area contributed by atoms with E-state index >= 15 is 0 Å². The third-order valence-corrected chi connectivity index (χ3v) is 2.95. The van der Waals surface area contributed by atoms with Crippen LogP contribution in [0.15, 0.2) is 30.5 Å². The van der Waals surface area contributed by atoms with E-state index in [4.69, 9.17) is 0 Å². The van der Waals surface area contributed by atoms with Gasteiger partial charge in [0.25, 0.3) is 0 Å². The Bertz CT molecular complexity index is 502. The van der Waals surface area contributed by atoms with Crippen LogP contribution in [-0.4, -0.2) is 16.1 Å². The van der Waals surface area contributed by atoms with Gasteiger partial charge in [-0.05, 0) is 31.2 Å². The van der Waals surface area contributed by atoms with Crippen molar-refractivity contribution in [3.05, 3.63) is 53.4 Å². The van der Waals surface area contributed by atoms with E-state index < -0.39 is 0 Å². The molecular weight excluding hydrogens is 229 g/mol. The highest BCUT2D eigenvalue weighted by Gasteiger charge is 2.06. The highest BCUT2D eigenvalue weighted by molar-refractivity contribution is 5.18. The van der Waals surface area contributed by atoms with E-state index in [1.807, 2.05) is 25.3 Å². The predicted octanol–water partition coefficient (Wildman–Crippen LogP) is 2.49. The van der Waals surface area contributed by atoms with Crippen LogP contribution in [0.5, 0.6) is 0 Å². The number of aryl methyl sites for hydroxylation is 1. The van der Waals surface area contributed by atoms with Crippen molar-refractivity contribution < 1.29 is 4.39 Å². The van der Waals surface area contributed by atoms with Crippen molar-refractivity contribution in [2.24, 2.45) is 0 Å². The smallest absolute Gasteiger partial charge is 0.123 e. The average Bonchev–Trinajstić information content (AvgIpc) is 2.71. The maximum Gasteiger partial charge on any atom is 0.123 e. The van der Waals surface area contributed by atoms with Crippen molar-refractivity contribution in [1.82, 2.24) is 14.9 Å². The average molecular weight is 247 g/mol. The van der Waals surface area contributed by atoms with E-state index in [1.165, 1.54) is 12.1 Å². The van der Waals surface area contributed by atoms with Gasteiger partial charge in [0.15, 0.2) is 0 Å². The fourth-order valence-corrected chi connectivity index (χ4v) is 1.90. The van der Waals surface area contributed by atoms with Gasteiger partial charge in [-0.2, -0.15) is 0 Å². The molecule has 2 aromatic rings. The first-order chi connectivity index (χ1) is 8.70. The number of aromatic nitrogens is 2. The highest BCUT2D eigenvalue weighted by Crippen LogP contribution is 2.10. The molecule has 4 heteroatoms. The molecule has 1 aromatic heterocycles. The van der Waals surface area contributed by atoms with Crippen LogP contribution in [0.1, 0.15) is 24.0 Å². The van der Waals surface area contributed by atoms with Crippen LogP contribution in [-0.2, 0) is 13.1 Å². The first-order valence-corrected chi connectivity index (χ1v) is 6.17. The van der Waals surface area contributed by atoms with Crippen molar-refractivity contribution in [2.45, 2.75) is 26.9 Å². The number of imidazole rings is 1. The Balaban J connectivity index is 2.17. The summed E-state index contributed by atoms with van der Waals surface area (Å²) in [4.78, 5) is 4.33. The topological polar surface area (TPSA) is 29.9 Å². The molecule has 96 valence electrons. The van der Waals surface area contributed by atoms with Gasteiger partial charge in [0.05, 0.1) is 5.69 Å². The molecule has 0 radical (unpaired) electrons. The van der Waals surface area contributed by atoms with Crippen molar-refractivity contribution in [3.63, 3.8) is 0 Å². The van der Waals surface area contributed by atoms with E-state index in [0.717, 1.165) is 36.7 Å². The fraction of sp³-hybridized carbons (Fsp3) is 0.357. The van der Waals surface area contributed by atoms with Crippen LogP contribution in [0.3, 0.4) is 0 Å². The number of rotatable bonds is 5. The molecule has 1 N–H and O–H groups in total. The van der Waals surface area contributed by atoms with E-state index in [-0.39, 0.29) is 5.82 Å². The number of hydrogen-bond donors (Lipinski definition) is 1. The molecule has 0 aliphatic heterocycles. The molecule has 3 nitrogen and oxygen atoms in total. The van der Waals surface area contributed by atoms with Crippen molar-refractivity contribution >= 4 is 0 Å². The minimum Gasteiger partial charge on any atom is -0.327 e. The molecular formula is C14H18FN3. The Morgan fingerprint density at radius 3 is 2.67 bits per heavy atom. The van der Waals surface area contributed by atoms with E-state index in [9.17, 15) is 4.39 Å². The predicted molar refractivity (Wildman–Crippen MR) is 69.8 cm³/mol. The number of nitrogens with one attached hydrogen (secondary N) is 1. The van der Waals surface area contributed by atoms with Gasteiger partial charge in [0.1, 0.15) is 11.6 Å². The molecule has 1 heterocycles. The Morgan fingerprint density at radius 2 is 2.00 bits per heavy atom. The van der Waals surface area contributed by atoms with Gasteiger partial charge in [0.2, 0.25) is 0 Å². The molecule has 0 aliphatic rings. The fourth-order valence-electron chi connectivity index (χ4n) is 1.90. The van der Waals surface area contributed by atoms with E-state index in [2.05, 4.69) is 21.8 Å². The Kier molecular flexibility index (Phi) is 4.10. The van der Waals surface area contributed by atoms with Crippen molar-refractivity contribution in [1.29, 1.82) is 0 Å². The molecule has 0 unspecified atom stereocenters. The van der Waals surface area contributed by atoms with E-state index in [1.54, 1.807) is 0 Å². The van der Waals surface area contributed by atoms with Crippen LogP contribution >= 0.6 is 0 Å². The summed E-state index contributed by atoms with van der Waals surface area (Å²) in [6, 6.07) is 6.61. The SMILES string of the molecule is CCNCc1cnc(C)n1Cc1ccc(F)cc1. The third-order valence-electron chi connectivity index (χ3n) is 2.95. The first-order valence-electron chi connectivity index (χ1n) is 6.17. The summed E-state index contributed by atoms with van der Waals surface area (Å²) in [5.74, 6) is 0.779. The van der Waals surface area contributed by atoms with Gasteiger partial charge in [0, 0.05) is 19.3 Å². The summed E-state index contributed by atoms with van der Waals surface area (Å²) in [6.45, 7) is 6.53. The Hall–Kier alpha value is -1.68. The highest BCUT2D eigenvalue weighted by atomic mass is 19.1. The molecule has 2 rings (SSSR count). The lowest BCUT2D eigenvalue weighted by Gasteiger charge is -2.10. The van der Waals surface area contributed by atoms with Crippen LogP contribution in [0.2, 0.25) is 0 Å². The summed E-state index contributed by atoms with van der Waals surface area (Å²) in [5.41, 5.74) is 2.23. The van der Waals surface area contributed by atoms with Crippen LogP contribution in [0.4, 0.5) is 4.39 Å². The van der Waals surface area contributed by atoms with Crippen molar-refractivity contribution in [3.8, 4) is 0 Å². The lowest BCUT2D eigenvalue weighted by molar-refractivity contribution is 0.623. The molecule has 0 spiro atoms. The molecule has 0 fully saturated rings. The number of halogens is 1. The number of hydrogen-bond acceptors (Lipinski definition) is 2. The summed E-state index contributed by atoms with van der Waals surface area (Å²) in [7, 11) is 0. The van der Waals surface area contributed by atoms with Gasteiger partial charge in [-0.3, -0.25) is 0 Å². The zero-order valence-corrected chi connectivity index (χ0v) is 10.8. The van der Waals surface area contributed by atoms with Crippen molar-refractivity contribution in [2.75, 3.05) is 6.54 Å². The summed E-state index contributed by atoms with van der Waals surface area (Å²) < 4.78 is 15.0. The second-order valence-electron chi connectivity index (χ2n) is 4.29. The van der Waals surface area contributed by atoms with E-state index in [0.29, 0.717) is 0 Å².